The summed E-state index contributed by atoms with van der Waals surface area (Å²) >= 11 is 0. The van der Waals surface area contributed by atoms with Gasteiger partial charge in [0.1, 0.15) is 5.75 Å². The number of hydrogen-bond acceptors (Lipinski definition) is 4. The molecule has 0 saturated heterocycles. The van der Waals surface area contributed by atoms with Crippen LogP contribution in [0.2, 0.25) is 0 Å². The summed E-state index contributed by atoms with van der Waals surface area (Å²) < 4.78 is 6.88. The van der Waals surface area contributed by atoms with Crippen LogP contribution in [0.1, 0.15) is 19.5 Å². The lowest BCUT2D eigenvalue weighted by Gasteiger charge is -2.14. The molecular weight excluding hydrogens is 280 g/mol. The van der Waals surface area contributed by atoms with Crippen molar-refractivity contribution >= 4 is 5.91 Å². The second-order valence-electron chi connectivity index (χ2n) is 5.44. The Morgan fingerprint density at radius 1 is 1.32 bits per heavy atom. The number of rotatable bonds is 6. The van der Waals surface area contributed by atoms with E-state index in [0.717, 1.165) is 17.1 Å². The van der Waals surface area contributed by atoms with E-state index in [-0.39, 0.29) is 11.8 Å². The molecule has 0 unspecified atom stereocenters. The van der Waals surface area contributed by atoms with Crippen LogP contribution in [0.4, 0.5) is 0 Å². The lowest BCUT2D eigenvalue weighted by Crippen LogP contribution is -2.43. The quantitative estimate of drug-likeness (QED) is 0.847. The minimum absolute atomic E-state index is 0.108. The maximum Gasteiger partial charge on any atom is 0.237 e. The first-order valence-corrected chi connectivity index (χ1v) is 7.23. The number of carbonyl (C=O) groups is 1. The highest BCUT2D eigenvalue weighted by molar-refractivity contribution is 5.81. The molecule has 0 saturated carbocycles. The van der Waals surface area contributed by atoms with E-state index in [1.165, 1.54) is 0 Å². The fourth-order valence-electron chi connectivity index (χ4n) is 1.93. The Hall–Kier alpha value is -2.34. The molecular formula is C16H22N4O2. The minimum atomic E-state index is -0.497. The number of aromatic nitrogens is 2. The van der Waals surface area contributed by atoms with Crippen molar-refractivity contribution in [3.8, 4) is 11.4 Å². The molecule has 1 aromatic carbocycles. The number of amides is 1. The summed E-state index contributed by atoms with van der Waals surface area (Å²) in [6.45, 7) is 4.20. The molecule has 22 heavy (non-hydrogen) atoms. The Kier molecular flexibility index (Phi) is 5.16. The van der Waals surface area contributed by atoms with E-state index in [4.69, 9.17) is 10.5 Å². The molecule has 3 N–H and O–H groups in total. The van der Waals surface area contributed by atoms with Crippen LogP contribution in [0.15, 0.2) is 36.5 Å². The molecule has 1 aromatic heterocycles. The Balaban J connectivity index is 1.97. The number of benzene rings is 1. The summed E-state index contributed by atoms with van der Waals surface area (Å²) in [7, 11) is 1.63. The molecule has 2 rings (SSSR count). The molecule has 6 nitrogen and oxygen atoms in total. The summed E-state index contributed by atoms with van der Waals surface area (Å²) in [4.78, 5) is 11.8. The van der Waals surface area contributed by atoms with Crippen molar-refractivity contribution in [1.82, 2.24) is 15.1 Å². The van der Waals surface area contributed by atoms with Gasteiger partial charge in [-0.3, -0.25) is 4.79 Å². The smallest absolute Gasteiger partial charge is 0.237 e. The average Bonchev–Trinajstić information content (AvgIpc) is 3.00. The fraction of sp³-hybridized carbons (Fsp3) is 0.375. The normalized spacial score (nSPS) is 12.2. The number of nitrogens with one attached hydrogen (secondary N) is 1. The van der Waals surface area contributed by atoms with Crippen LogP contribution in [0, 0.1) is 5.92 Å². The lowest BCUT2D eigenvalue weighted by molar-refractivity contribution is -0.123. The van der Waals surface area contributed by atoms with Crippen molar-refractivity contribution in [1.29, 1.82) is 0 Å². The van der Waals surface area contributed by atoms with Crippen LogP contribution >= 0.6 is 0 Å². The number of nitrogens with two attached hydrogens (primary N) is 1. The standard InChI is InChI=1S/C16H22N4O2/c1-11(2)15(17)16(21)18-10-12-8-9-20(19-12)13-4-6-14(22-3)7-5-13/h4-9,11,15H,10,17H2,1-3H3,(H,18,21)/t15-/m0/s1. The van der Waals surface area contributed by atoms with Gasteiger partial charge in [0.2, 0.25) is 5.91 Å². The predicted octanol–water partition coefficient (Wildman–Crippen LogP) is 1.48. The van der Waals surface area contributed by atoms with Gasteiger partial charge in [0, 0.05) is 6.20 Å². The highest BCUT2D eigenvalue weighted by Crippen LogP contribution is 2.14. The number of carbonyl (C=O) groups excluding carboxylic acids is 1. The predicted molar refractivity (Wildman–Crippen MR) is 84.8 cm³/mol. The van der Waals surface area contributed by atoms with Crippen LogP contribution in [0.25, 0.3) is 5.69 Å². The van der Waals surface area contributed by atoms with Gasteiger partial charge in [0.25, 0.3) is 0 Å². The summed E-state index contributed by atoms with van der Waals surface area (Å²) in [5.41, 5.74) is 7.50. The van der Waals surface area contributed by atoms with E-state index in [0.29, 0.717) is 6.54 Å². The number of ether oxygens (including phenoxy) is 1. The first kappa shape index (κ1) is 16.0. The van der Waals surface area contributed by atoms with Crippen LogP contribution < -0.4 is 15.8 Å². The molecule has 0 spiro atoms. The number of methoxy groups -OCH3 is 1. The maximum absolute atomic E-state index is 11.8. The lowest BCUT2D eigenvalue weighted by atomic mass is 10.1. The van der Waals surface area contributed by atoms with Crippen molar-refractivity contribution < 1.29 is 9.53 Å². The topological polar surface area (TPSA) is 82.2 Å². The van der Waals surface area contributed by atoms with Crippen molar-refractivity contribution in [3.05, 3.63) is 42.2 Å². The van der Waals surface area contributed by atoms with Crippen molar-refractivity contribution in [2.45, 2.75) is 26.4 Å². The largest absolute Gasteiger partial charge is 0.497 e. The van der Waals surface area contributed by atoms with Gasteiger partial charge in [-0.05, 0) is 36.2 Å². The minimum Gasteiger partial charge on any atom is -0.497 e. The average molecular weight is 302 g/mol. The molecule has 2 aromatic rings. The molecule has 0 aliphatic rings. The van der Waals surface area contributed by atoms with Gasteiger partial charge in [-0.15, -0.1) is 0 Å². The second kappa shape index (κ2) is 7.09. The van der Waals surface area contributed by atoms with Gasteiger partial charge in [0.15, 0.2) is 0 Å². The van der Waals surface area contributed by atoms with E-state index in [1.54, 1.807) is 11.8 Å². The van der Waals surface area contributed by atoms with E-state index in [9.17, 15) is 4.79 Å². The SMILES string of the molecule is COc1ccc(-n2ccc(CNC(=O)[C@@H](N)C(C)C)n2)cc1. The fourth-order valence-corrected chi connectivity index (χ4v) is 1.93. The summed E-state index contributed by atoms with van der Waals surface area (Å²) in [6.07, 6.45) is 1.85. The molecule has 0 aliphatic carbocycles. The van der Waals surface area contributed by atoms with E-state index in [1.807, 2.05) is 50.4 Å². The van der Waals surface area contributed by atoms with Crippen LogP contribution in [0.3, 0.4) is 0 Å². The third-order valence-electron chi connectivity index (χ3n) is 3.45. The van der Waals surface area contributed by atoms with Crippen molar-refractivity contribution in [2.75, 3.05) is 7.11 Å². The van der Waals surface area contributed by atoms with Gasteiger partial charge in [0.05, 0.1) is 31.1 Å². The molecule has 0 bridgehead atoms. The zero-order chi connectivity index (χ0) is 16.1. The Bertz CT molecular complexity index is 619. The first-order chi connectivity index (χ1) is 10.5. The number of nitrogens with zero attached hydrogens (tertiary/aromatic N) is 2. The summed E-state index contributed by atoms with van der Waals surface area (Å²) in [6, 6.07) is 8.96. The van der Waals surface area contributed by atoms with Crippen LogP contribution in [-0.4, -0.2) is 28.8 Å². The van der Waals surface area contributed by atoms with E-state index in [2.05, 4.69) is 10.4 Å². The van der Waals surface area contributed by atoms with Crippen LogP contribution in [-0.2, 0) is 11.3 Å². The molecule has 0 fully saturated rings. The maximum atomic E-state index is 11.8. The first-order valence-electron chi connectivity index (χ1n) is 7.23. The molecule has 118 valence electrons. The van der Waals surface area contributed by atoms with E-state index < -0.39 is 6.04 Å². The summed E-state index contributed by atoms with van der Waals surface area (Å²) in [5.74, 6) is 0.747. The molecule has 1 atom stereocenters. The zero-order valence-corrected chi connectivity index (χ0v) is 13.1. The third-order valence-corrected chi connectivity index (χ3v) is 3.45. The van der Waals surface area contributed by atoms with Crippen LogP contribution in [0.5, 0.6) is 5.75 Å². The van der Waals surface area contributed by atoms with Crippen molar-refractivity contribution in [3.63, 3.8) is 0 Å². The Labute approximate surface area is 130 Å². The van der Waals surface area contributed by atoms with Gasteiger partial charge < -0.3 is 15.8 Å². The molecule has 1 heterocycles. The third kappa shape index (κ3) is 3.85. The van der Waals surface area contributed by atoms with E-state index >= 15 is 0 Å². The Morgan fingerprint density at radius 2 is 2.00 bits per heavy atom. The highest BCUT2D eigenvalue weighted by atomic mass is 16.5. The molecule has 1 amide bonds. The van der Waals surface area contributed by atoms with Gasteiger partial charge in [-0.25, -0.2) is 4.68 Å². The molecule has 0 aliphatic heterocycles. The molecule has 6 heteroatoms. The monoisotopic (exact) mass is 302 g/mol. The molecule has 0 radical (unpaired) electrons. The number of hydrogen-bond donors (Lipinski definition) is 2. The van der Waals surface area contributed by atoms with Gasteiger partial charge >= 0.3 is 0 Å². The second-order valence-corrected chi connectivity index (χ2v) is 5.44. The van der Waals surface area contributed by atoms with Crippen molar-refractivity contribution in [2.24, 2.45) is 11.7 Å². The Morgan fingerprint density at radius 3 is 2.59 bits per heavy atom. The zero-order valence-electron chi connectivity index (χ0n) is 13.1. The van der Waals surface area contributed by atoms with Gasteiger partial charge in [-0.2, -0.15) is 5.10 Å². The summed E-state index contributed by atoms with van der Waals surface area (Å²) in [5, 5.41) is 7.24. The highest BCUT2D eigenvalue weighted by Gasteiger charge is 2.16. The van der Waals surface area contributed by atoms with Gasteiger partial charge in [-0.1, -0.05) is 13.8 Å².